The molecule has 0 aromatic heterocycles. The molecule has 9 heteroatoms. The summed E-state index contributed by atoms with van der Waals surface area (Å²) in [6.07, 6.45) is 0.604. The predicted molar refractivity (Wildman–Crippen MR) is 92.4 cm³/mol. The molecule has 0 aromatic carbocycles. The van der Waals surface area contributed by atoms with Gasteiger partial charge in [0.2, 0.25) is 11.8 Å². The fourth-order valence-electron chi connectivity index (χ4n) is 2.13. The fourth-order valence-corrected chi connectivity index (χ4v) is 3.05. The summed E-state index contributed by atoms with van der Waals surface area (Å²) in [5, 5.41) is 8.40. The highest BCUT2D eigenvalue weighted by molar-refractivity contribution is 8.00. The number of carbonyl (C=O) groups is 3. The molecule has 1 atom stereocenters. The lowest BCUT2D eigenvalue weighted by Crippen LogP contribution is -2.34. The molecule has 1 aliphatic rings. The Bertz CT molecular complexity index is 433. The van der Waals surface area contributed by atoms with Gasteiger partial charge in [0.25, 0.3) is 0 Å². The Morgan fingerprint density at radius 3 is 2.32 bits per heavy atom. The molecule has 1 saturated heterocycles. The number of imide groups is 1. The van der Waals surface area contributed by atoms with Crippen LogP contribution in [0.25, 0.3) is 0 Å². The van der Waals surface area contributed by atoms with Crippen LogP contribution in [0.2, 0.25) is 0 Å². The first-order chi connectivity index (χ1) is 12.1. The molecule has 1 rings (SSSR count). The summed E-state index contributed by atoms with van der Waals surface area (Å²) in [7, 11) is 0. The van der Waals surface area contributed by atoms with Crippen LogP contribution in [0.1, 0.15) is 19.8 Å². The van der Waals surface area contributed by atoms with Crippen molar-refractivity contribution in [2.75, 3.05) is 58.5 Å². The molecule has 1 heterocycles. The number of likely N-dealkylation sites (tertiary alicyclic amines) is 1. The summed E-state index contributed by atoms with van der Waals surface area (Å²) in [4.78, 5) is 35.8. The maximum Gasteiger partial charge on any atom is 0.242 e. The van der Waals surface area contributed by atoms with Gasteiger partial charge in [-0.25, -0.2) is 0 Å². The Morgan fingerprint density at radius 1 is 1.12 bits per heavy atom. The van der Waals surface area contributed by atoms with Crippen molar-refractivity contribution in [1.29, 1.82) is 0 Å². The van der Waals surface area contributed by atoms with Crippen LogP contribution in [0.5, 0.6) is 0 Å². The first kappa shape index (κ1) is 22.0. The Kier molecular flexibility index (Phi) is 11.7. The van der Waals surface area contributed by atoms with Gasteiger partial charge in [0.1, 0.15) is 5.78 Å². The van der Waals surface area contributed by atoms with Crippen LogP contribution in [0.15, 0.2) is 0 Å². The van der Waals surface area contributed by atoms with Crippen molar-refractivity contribution >= 4 is 29.4 Å². The SMILES string of the molecule is CC(=O)CCOCCOCCOCCN1C(=O)CC(SCCO)C1=O. The Morgan fingerprint density at radius 2 is 1.72 bits per heavy atom. The summed E-state index contributed by atoms with van der Waals surface area (Å²) in [5.74, 6) is 0.153. The molecule has 0 radical (unpaired) electrons. The average molecular weight is 377 g/mol. The average Bonchev–Trinajstić information content (AvgIpc) is 2.84. The molecule has 1 unspecified atom stereocenters. The van der Waals surface area contributed by atoms with E-state index in [-0.39, 0.29) is 49.0 Å². The monoisotopic (exact) mass is 377 g/mol. The number of amides is 2. The minimum atomic E-state index is -0.383. The van der Waals surface area contributed by atoms with Crippen LogP contribution in [0, 0.1) is 0 Å². The second kappa shape index (κ2) is 13.2. The van der Waals surface area contributed by atoms with Crippen molar-refractivity contribution in [1.82, 2.24) is 4.90 Å². The zero-order valence-electron chi connectivity index (χ0n) is 14.6. The highest BCUT2D eigenvalue weighted by Crippen LogP contribution is 2.24. The van der Waals surface area contributed by atoms with E-state index < -0.39 is 0 Å². The van der Waals surface area contributed by atoms with Crippen LogP contribution in [0.3, 0.4) is 0 Å². The van der Waals surface area contributed by atoms with E-state index in [2.05, 4.69) is 0 Å². The standard InChI is InChI=1S/C16H27NO7S/c1-13(19)2-5-22-7-9-24-10-8-23-6-3-17-15(20)12-14(16(17)21)25-11-4-18/h14,18H,2-12H2,1H3. The number of hydrogen-bond acceptors (Lipinski definition) is 8. The normalized spacial score (nSPS) is 17.5. The van der Waals surface area contributed by atoms with E-state index in [4.69, 9.17) is 19.3 Å². The van der Waals surface area contributed by atoms with Crippen molar-refractivity contribution in [3.05, 3.63) is 0 Å². The first-order valence-corrected chi connectivity index (χ1v) is 9.40. The van der Waals surface area contributed by atoms with Gasteiger partial charge >= 0.3 is 0 Å². The van der Waals surface area contributed by atoms with Gasteiger partial charge in [0.05, 0.1) is 58.0 Å². The first-order valence-electron chi connectivity index (χ1n) is 8.35. The van der Waals surface area contributed by atoms with Gasteiger partial charge in [0.15, 0.2) is 0 Å². The summed E-state index contributed by atoms with van der Waals surface area (Å²) in [6.45, 7) is 4.05. The van der Waals surface area contributed by atoms with Gasteiger partial charge in [-0.05, 0) is 6.92 Å². The summed E-state index contributed by atoms with van der Waals surface area (Å²) >= 11 is 1.31. The topological polar surface area (TPSA) is 102 Å². The lowest BCUT2D eigenvalue weighted by atomic mass is 10.3. The molecule has 0 spiro atoms. The molecule has 1 aliphatic heterocycles. The number of thioether (sulfide) groups is 1. The lowest BCUT2D eigenvalue weighted by molar-refractivity contribution is -0.139. The summed E-state index contributed by atoms with van der Waals surface area (Å²) < 4.78 is 15.9. The van der Waals surface area contributed by atoms with Gasteiger partial charge in [-0.3, -0.25) is 19.3 Å². The van der Waals surface area contributed by atoms with Crippen molar-refractivity contribution in [3.63, 3.8) is 0 Å². The van der Waals surface area contributed by atoms with E-state index in [0.29, 0.717) is 45.2 Å². The maximum absolute atomic E-state index is 12.0. The van der Waals surface area contributed by atoms with Crippen molar-refractivity contribution in [2.24, 2.45) is 0 Å². The quantitative estimate of drug-likeness (QED) is 0.311. The molecule has 144 valence electrons. The zero-order chi connectivity index (χ0) is 18.5. The molecular weight excluding hydrogens is 350 g/mol. The number of hydrogen-bond donors (Lipinski definition) is 1. The highest BCUT2D eigenvalue weighted by Gasteiger charge is 2.38. The number of ether oxygens (including phenoxy) is 3. The summed E-state index contributed by atoms with van der Waals surface area (Å²) in [6, 6.07) is 0. The van der Waals surface area contributed by atoms with Gasteiger partial charge in [-0.15, -0.1) is 11.8 Å². The second-order valence-corrected chi connectivity index (χ2v) is 6.77. The van der Waals surface area contributed by atoms with Gasteiger partial charge in [-0.1, -0.05) is 0 Å². The summed E-state index contributed by atoms with van der Waals surface area (Å²) in [5.41, 5.74) is 0. The number of aliphatic hydroxyl groups is 1. The van der Waals surface area contributed by atoms with Crippen LogP contribution in [0.4, 0.5) is 0 Å². The smallest absolute Gasteiger partial charge is 0.242 e. The second-order valence-electron chi connectivity index (χ2n) is 5.46. The number of Topliss-reactive ketones (excluding diaryl/α,β-unsaturated/α-hetero) is 1. The molecule has 0 bridgehead atoms. The van der Waals surface area contributed by atoms with E-state index in [9.17, 15) is 14.4 Å². The van der Waals surface area contributed by atoms with Crippen LogP contribution in [-0.2, 0) is 28.6 Å². The lowest BCUT2D eigenvalue weighted by Gasteiger charge is -2.14. The Balaban J connectivity index is 1.98. The third-order valence-electron chi connectivity index (χ3n) is 3.41. The number of rotatable bonds is 15. The molecular formula is C16H27NO7S. The van der Waals surface area contributed by atoms with E-state index >= 15 is 0 Å². The number of aliphatic hydroxyl groups excluding tert-OH is 1. The maximum atomic E-state index is 12.0. The van der Waals surface area contributed by atoms with Crippen LogP contribution in [-0.4, -0.2) is 91.4 Å². The third-order valence-corrected chi connectivity index (χ3v) is 4.60. The molecule has 0 saturated carbocycles. The van der Waals surface area contributed by atoms with Gasteiger partial charge in [-0.2, -0.15) is 0 Å². The molecule has 25 heavy (non-hydrogen) atoms. The minimum Gasteiger partial charge on any atom is -0.396 e. The van der Waals surface area contributed by atoms with E-state index in [1.807, 2.05) is 0 Å². The molecule has 0 aromatic rings. The van der Waals surface area contributed by atoms with Gasteiger partial charge in [0, 0.05) is 18.6 Å². The van der Waals surface area contributed by atoms with E-state index in [1.54, 1.807) is 0 Å². The van der Waals surface area contributed by atoms with Gasteiger partial charge < -0.3 is 19.3 Å². The van der Waals surface area contributed by atoms with E-state index in [1.165, 1.54) is 23.6 Å². The Hall–Kier alpha value is -1.00. The predicted octanol–water partition coefficient (Wildman–Crippen LogP) is -0.132. The Labute approximate surface area is 152 Å². The molecule has 0 aliphatic carbocycles. The van der Waals surface area contributed by atoms with Crippen LogP contribution < -0.4 is 0 Å². The fraction of sp³-hybridized carbons (Fsp3) is 0.812. The molecule has 2 amide bonds. The van der Waals surface area contributed by atoms with Crippen LogP contribution >= 0.6 is 11.8 Å². The van der Waals surface area contributed by atoms with Crippen molar-refractivity contribution in [2.45, 2.75) is 25.0 Å². The minimum absolute atomic E-state index is 0.00643. The van der Waals surface area contributed by atoms with Crippen molar-refractivity contribution < 1.29 is 33.7 Å². The number of nitrogens with zero attached hydrogens (tertiary/aromatic N) is 1. The number of ketones is 1. The van der Waals surface area contributed by atoms with E-state index in [0.717, 1.165) is 0 Å². The third kappa shape index (κ3) is 9.31. The highest BCUT2D eigenvalue weighted by atomic mass is 32.2. The molecule has 8 nitrogen and oxygen atoms in total. The van der Waals surface area contributed by atoms with Crippen molar-refractivity contribution in [3.8, 4) is 0 Å². The number of carbonyl (C=O) groups excluding carboxylic acids is 3. The molecule has 1 fully saturated rings. The molecule has 1 N–H and O–H groups in total. The largest absolute Gasteiger partial charge is 0.396 e. The zero-order valence-corrected chi connectivity index (χ0v) is 15.4.